The van der Waals surface area contributed by atoms with E-state index in [0.717, 1.165) is 45.5 Å². The number of carbonyl (C=O) groups excluding carboxylic acids is 1. The molecule has 0 spiro atoms. The molecule has 0 radical (unpaired) electrons. The Morgan fingerprint density at radius 1 is 1.35 bits per heavy atom. The second-order valence-electron chi connectivity index (χ2n) is 5.71. The standard InChI is InChI=1S/C15H19N3O3S2/c1-11-16-13-6-5-12(9-14(13)22-11)23(20,21)17(2)10-15(19)18-7-3-4-8-18/h5-6,9H,3-4,7-8,10H2,1-2H3. The van der Waals surface area contributed by atoms with Crippen LogP contribution in [-0.4, -0.2) is 55.2 Å². The second-order valence-corrected chi connectivity index (χ2v) is 8.99. The van der Waals surface area contributed by atoms with Gasteiger partial charge in [0.05, 0.1) is 26.7 Å². The van der Waals surface area contributed by atoms with E-state index in [1.807, 2.05) is 6.92 Å². The van der Waals surface area contributed by atoms with Gasteiger partial charge in [0, 0.05) is 20.1 Å². The van der Waals surface area contributed by atoms with Crippen LogP contribution < -0.4 is 0 Å². The first-order valence-electron chi connectivity index (χ1n) is 7.49. The molecule has 23 heavy (non-hydrogen) atoms. The number of nitrogens with zero attached hydrogens (tertiary/aromatic N) is 3. The van der Waals surface area contributed by atoms with Gasteiger partial charge in [-0.05, 0) is 38.0 Å². The number of likely N-dealkylation sites (N-methyl/N-ethyl adjacent to an activating group) is 1. The van der Waals surface area contributed by atoms with Crippen molar-refractivity contribution in [1.29, 1.82) is 0 Å². The summed E-state index contributed by atoms with van der Waals surface area (Å²) in [5, 5.41) is 0.895. The molecule has 0 saturated carbocycles. The predicted molar refractivity (Wildman–Crippen MR) is 90.0 cm³/mol. The SMILES string of the molecule is Cc1nc2ccc(S(=O)(=O)N(C)CC(=O)N3CCCC3)cc2s1. The van der Waals surface area contributed by atoms with Crippen LogP contribution in [0, 0.1) is 6.92 Å². The van der Waals surface area contributed by atoms with Crippen LogP contribution in [-0.2, 0) is 14.8 Å². The fourth-order valence-corrected chi connectivity index (χ4v) is 4.79. The van der Waals surface area contributed by atoms with E-state index in [9.17, 15) is 13.2 Å². The van der Waals surface area contributed by atoms with Crippen LogP contribution in [0.5, 0.6) is 0 Å². The number of thiazole rings is 1. The quantitative estimate of drug-likeness (QED) is 0.841. The zero-order valence-electron chi connectivity index (χ0n) is 13.2. The van der Waals surface area contributed by atoms with Gasteiger partial charge in [0.15, 0.2) is 0 Å². The number of aryl methyl sites for hydroxylation is 1. The van der Waals surface area contributed by atoms with Crippen molar-refractivity contribution in [1.82, 2.24) is 14.2 Å². The maximum absolute atomic E-state index is 12.7. The normalized spacial score (nSPS) is 15.7. The average molecular weight is 353 g/mol. The van der Waals surface area contributed by atoms with Crippen molar-refractivity contribution in [3.63, 3.8) is 0 Å². The third-order valence-corrected chi connectivity index (χ3v) is 6.72. The van der Waals surface area contributed by atoms with E-state index in [2.05, 4.69) is 4.98 Å². The molecule has 1 amide bonds. The Kier molecular flexibility index (Phi) is 4.39. The molecule has 6 nitrogen and oxygen atoms in total. The Balaban J connectivity index is 1.81. The summed E-state index contributed by atoms with van der Waals surface area (Å²) in [7, 11) is -2.23. The Labute approximate surface area is 139 Å². The Hall–Kier alpha value is -1.51. The van der Waals surface area contributed by atoms with Gasteiger partial charge in [0.25, 0.3) is 0 Å². The van der Waals surface area contributed by atoms with Crippen LogP contribution in [0.3, 0.4) is 0 Å². The van der Waals surface area contributed by atoms with E-state index in [4.69, 9.17) is 0 Å². The molecule has 0 atom stereocenters. The molecule has 2 aromatic rings. The van der Waals surface area contributed by atoms with Gasteiger partial charge in [0.2, 0.25) is 15.9 Å². The largest absolute Gasteiger partial charge is 0.342 e. The van der Waals surface area contributed by atoms with Crippen LogP contribution >= 0.6 is 11.3 Å². The van der Waals surface area contributed by atoms with Gasteiger partial charge in [-0.15, -0.1) is 11.3 Å². The molecule has 0 bridgehead atoms. The lowest BCUT2D eigenvalue weighted by Gasteiger charge is -2.21. The molecule has 0 unspecified atom stereocenters. The third-order valence-electron chi connectivity index (χ3n) is 3.99. The minimum absolute atomic E-state index is 0.123. The summed E-state index contributed by atoms with van der Waals surface area (Å²) in [6.45, 7) is 3.21. The van der Waals surface area contributed by atoms with Gasteiger partial charge >= 0.3 is 0 Å². The maximum atomic E-state index is 12.7. The first-order valence-corrected chi connectivity index (χ1v) is 9.75. The highest BCUT2D eigenvalue weighted by Crippen LogP contribution is 2.26. The van der Waals surface area contributed by atoms with Gasteiger partial charge in [0.1, 0.15) is 0 Å². The molecule has 0 N–H and O–H groups in total. The lowest BCUT2D eigenvalue weighted by atomic mass is 10.3. The summed E-state index contributed by atoms with van der Waals surface area (Å²) in [6, 6.07) is 4.89. The van der Waals surface area contributed by atoms with E-state index < -0.39 is 10.0 Å². The van der Waals surface area contributed by atoms with E-state index >= 15 is 0 Å². The van der Waals surface area contributed by atoms with Gasteiger partial charge in [-0.3, -0.25) is 4.79 Å². The highest BCUT2D eigenvalue weighted by molar-refractivity contribution is 7.89. The van der Waals surface area contributed by atoms with E-state index in [1.165, 1.54) is 18.4 Å². The summed E-state index contributed by atoms with van der Waals surface area (Å²) in [6.07, 6.45) is 1.98. The molecular weight excluding hydrogens is 334 g/mol. The lowest BCUT2D eigenvalue weighted by molar-refractivity contribution is -0.130. The summed E-state index contributed by atoms with van der Waals surface area (Å²) < 4.78 is 27.3. The minimum Gasteiger partial charge on any atom is -0.342 e. The molecule has 124 valence electrons. The molecule has 1 aliphatic heterocycles. The van der Waals surface area contributed by atoms with Gasteiger partial charge < -0.3 is 4.90 Å². The van der Waals surface area contributed by atoms with Gasteiger partial charge in [-0.1, -0.05) is 0 Å². The zero-order valence-corrected chi connectivity index (χ0v) is 14.8. The van der Waals surface area contributed by atoms with Crippen LogP contribution in [0.4, 0.5) is 0 Å². The highest BCUT2D eigenvalue weighted by atomic mass is 32.2. The van der Waals surface area contributed by atoms with Crippen LogP contribution in [0.1, 0.15) is 17.8 Å². The van der Waals surface area contributed by atoms with Gasteiger partial charge in [-0.25, -0.2) is 13.4 Å². The third kappa shape index (κ3) is 3.24. The lowest BCUT2D eigenvalue weighted by Crippen LogP contribution is -2.39. The predicted octanol–water partition coefficient (Wildman–Crippen LogP) is 1.85. The summed E-state index contributed by atoms with van der Waals surface area (Å²) >= 11 is 1.46. The summed E-state index contributed by atoms with van der Waals surface area (Å²) in [4.78, 5) is 18.4. The number of hydrogen-bond acceptors (Lipinski definition) is 5. The van der Waals surface area contributed by atoms with Crippen molar-refractivity contribution < 1.29 is 13.2 Å². The van der Waals surface area contributed by atoms with Crippen molar-refractivity contribution in [2.24, 2.45) is 0 Å². The number of rotatable bonds is 4. The maximum Gasteiger partial charge on any atom is 0.243 e. The van der Waals surface area contributed by atoms with E-state index in [-0.39, 0.29) is 17.3 Å². The van der Waals surface area contributed by atoms with Crippen LogP contribution in [0.2, 0.25) is 0 Å². The number of carbonyl (C=O) groups is 1. The number of sulfonamides is 1. The molecule has 8 heteroatoms. The number of aromatic nitrogens is 1. The van der Waals surface area contributed by atoms with E-state index in [0.29, 0.717) is 0 Å². The van der Waals surface area contributed by atoms with Crippen molar-refractivity contribution in [2.45, 2.75) is 24.7 Å². The van der Waals surface area contributed by atoms with Crippen molar-refractivity contribution in [3.05, 3.63) is 23.2 Å². The topological polar surface area (TPSA) is 70.6 Å². The molecule has 3 rings (SSSR count). The first kappa shape index (κ1) is 16.4. The molecule has 1 fully saturated rings. The first-order chi connectivity index (χ1) is 10.9. The Morgan fingerprint density at radius 3 is 2.74 bits per heavy atom. The second kappa shape index (κ2) is 6.18. The number of hydrogen-bond donors (Lipinski definition) is 0. The smallest absolute Gasteiger partial charge is 0.243 e. The molecule has 1 aromatic carbocycles. The highest BCUT2D eigenvalue weighted by Gasteiger charge is 2.26. The zero-order chi connectivity index (χ0) is 16.6. The number of amides is 1. The fraction of sp³-hybridized carbons (Fsp3) is 0.467. The Bertz CT molecular complexity index is 839. The van der Waals surface area contributed by atoms with Crippen molar-refractivity contribution >= 4 is 37.5 Å². The Morgan fingerprint density at radius 2 is 2.04 bits per heavy atom. The minimum atomic E-state index is -3.68. The van der Waals surface area contributed by atoms with Crippen LogP contribution in [0.15, 0.2) is 23.1 Å². The molecule has 1 aromatic heterocycles. The summed E-state index contributed by atoms with van der Waals surface area (Å²) in [5.74, 6) is -0.136. The van der Waals surface area contributed by atoms with Crippen molar-refractivity contribution in [2.75, 3.05) is 26.7 Å². The molecule has 1 saturated heterocycles. The molecule has 2 heterocycles. The molecular formula is C15H19N3O3S2. The monoisotopic (exact) mass is 353 g/mol. The van der Waals surface area contributed by atoms with Crippen LogP contribution in [0.25, 0.3) is 10.2 Å². The van der Waals surface area contributed by atoms with Gasteiger partial charge in [-0.2, -0.15) is 4.31 Å². The number of benzene rings is 1. The van der Waals surface area contributed by atoms with Crippen molar-refractivity contribution in [3.8, 4) is 0 Å². The van der Waals surface area contributed by atoms with E-state index in [1.54, 1.807) is 23.1 Å². The molecule has 1 aliphatic rings. The molecule has 0 aliphatic carbocycles. The number of fused-ring (bicyclic) bond motifs is 1. The number of likely N-dealkylation sites (tertiary alicyclic amines) is 1. The average Bonchev–Trinajstić information content (AvgIpc) is 3.14. The summed E-state index contributed by atoms with van der Waals surface area (Å²) in [5.41, 5.74) is 0.794. The fourth-order valence-electron chi connectivity index (χ4n) is 2.70.